The highest BCUT2D eigenvalue weighted by Gasteiger charge is 2.19. The first kappa shape index (κ1) is 17.6. The molecule has 4 rings (SSSR count). The smallest absolute Gasteiger partial charge is 0.132 e. The van der Waals surface area contributed by atoms with Crippen LogP contribution in [0.3, 0.4) is 0 Å². The van der Waals surface area contributed by atoms with Gasteiger partial charge in [-0.05, 0) is 35.6 Å². The third-order valence-electron chi connectivity index (χ3n) is 4.41. The maximum atomic E-state index is 9.69. The lowest BCUT2D eigenvalue weighted by Gasteiger charge is -2.11. The lowest BCUT2D eigenvalue weighted by atomic mass is 10.0. The van der Waals surface area contributed by atoms with Crippen LogP contribution in [0, 0.1) is 11.3 Å². The number of rotatable bonds is 4. The number of thioether (sulfide) groups is 1. The van der Waals surface area contributed by atoms with Crippen molar-refractivity contribution in [1.29, 1.82) is 5.26 Å². The molecule has 0 unspecified atom stereocenters. The van der Waals surface area contributed by atoms with Crippen LogP contribution in [0.5, 0.6) is 0 Å². The molecule has 0 N–H and O–H groups in total. The van der Waals surface area contributed by atoms with Crippen molar-refractivity contribution < 1.29 is 0 Å². The average Bonchev–Trinajstić information content (AvgIpc) is 3.12. The molecular weight excluding hydrogens is 376 g/mol. The minimum atomic E-state index is 0.564. The molecule has 0 amide bonds. The van der Waals surface area contributed by atoms with Gasteiger partial charge >= 0.3 is 0 Å². The molecule has 1 heterocycles. The van der Waals surface area contributed by atoms with Crippen molar-refractivity contribution in [2.24, 2.45) is 0 Å². The predicted molar refractivity (Wildman–Crippen MR) is 110 cm³/mol. The van der Waals surface area contributed by atoms with E-state index in [0.717, 1.165) is 27.1 Å². The van der Waals surface area contributed by atoms with Gasteiger partial charge in [-0.3, -0.25) is 0 Å². The molecule has 0 aliphatic carbocycles. The number of halogens is 1. The number of nitrogens with zero attached hydrogens (tertiary/aromatic N) is 4. The van der Waals surface area contributed by atoms with Crippen molar-refractivity contribution in [3.8, 4) is 17.2 Å². The van der Waals surface area contributed by atoms with Crippen molar-refractivity contribution >= 4 is 34.4 Å². The molecular formula is C21H15ClN4S. The first-order valence-corrected chi connectivity index (χ1v) is 9.95. The van der Waals surface area contributed by atoms with Crippen molar-refractivity contribution in [2.45, 2.75) is 11.4 Å². The van der Waals surface area contributed by atoms with E-state index in [4.69, 9.17) is 11.6 Å². The van der Waals surface area contributed by atoms with Crippen LogP contribution in [-0.4, -0.2) is 21.2 Å². The molecule has 0 bridgehead atoms. The zero-order valence-electron chi connectivity index (χ0n) is 14.6. The number of aromatic nitrogens is 3. The maximum Gasteiger partial charge on any atom is 0.132 e. The standard InChI is InChI=1S/C21H15ClN4S/c1-27-19-11-17(15-7-9-16(22)10-8-15)21-20(18(19)12-23)24-25-26(21)13-14-5-3-2-4-6-14/h2-11H,13H2,1H3. The van der Waals surface area contributed by atoms with E-state index in [1.54, 1.807) is 0 Å². The highest BCUT2D eigenvalue weighted by molar-refractivity contribution is 7.98. The number of nitriles is 1. The SMILES string of the molecule is CSc1cc(-c2ccc(Cl)cc2)c2c(nnn2Cc2ccccc2)c1C#N. The molecule has 0 aliphatic rings. The Hall–Kier alpha value is -2.81. The molecule has 1 aromatic heterocycles. The van der Waals surface area contributed by atoms with Crippen molar-refractivity contribution in [3.05, 3.63) is 76.8 Å². The second-order valence-electron chi connectivity index (χ2n) is 6.05. The van der Waals surface area contributed by atoms with Gasteiger partial charge in [0, 0.05) is 15.5 Å². The summed E-state index contributed by atoms with van der Waals surface area (Å²) in [6, 6.07) is 22.1. The van der Waals surface area contributed by atoms with E-state index >= 15 is 0 Å². The second kappa shape index (κ2) is 7.43. The lowest BCUT2D eigenvalue weighted by Crippen LogP contribution is -2.03. The Balaban J connectivity index is 1.98. The van der Waals surface area contributed by atoms with Crippen molar-refractivity contribution in [3.63, 3.8) is 0 Å². The van der Waals surface area contributed by atoms with Crippen LogP contribution in [-0.2, 0) is 6.54 Å². The molecule has 3 aromatic carbocycles. The molecule has 0 aliphatic heterocycles. The van der Waals surface area contributed by atoms with Crippen LogP contribution in [0.15, 0.2) is 65.6 Å². The molecule has 0 fully saturated rings. The Bertz CT molecular complexity index is 1140. The first-order chi connectivity index (χ1) is 13.2. The van der Waals surface area contributed by atoms with E-state index in [1.165, 1.54) is 11.8 Å². The minimum absolute atomic E-state index is 0.564. The largest absolute Gasteiger partial charge is 0.240 e. The monoisotopic (exact) mass is 390 g/mol. The highest BCUT2D eigenvalue weighted by Crippen LogP contribution is 2.36. The Morgan fingerprint density at radius 1 is 1.11 bits per heavy atom. The molecule has 0 saturated carbocycles. The van der Waals surface area contributed by atoms with E-state index in [-0.39, 0.29) is 0 Å². The van der Waals surface area contributed by atoms with Crippen LogP contribution in [0.4, 0.5) is 0 Å². The van der Waals surface area contributed by atoms with Crippen molar-refractivity contribution in [2.75, 3.05) is 6.26 Å². The average molecular weight is 391 g/mol. The van der Waals surface area contributed by atoms with Crippen LogP contribution in [0.1, 0.15) is 11.1 Å². The Morgan fingerprint density at radius 3 is 2.52 bits per heavy atom. The fraction of sp³-hybridized carbons (Fsp3) is 0.0952. The van der Waals surface area contributed by atoms with Gasteiger partial charge in [0.2, 0.25) is 0 Å². The zero-order valence-corrected chi connectivity index (χ0v) is 16.1. The first-order valence-electron chi connectivity index (χ1n) is 8.35. The topological polar surface area (TPSA) is 54.5 Å². The quantitative estimate of drug-likeness (QED) is 0.438. The summed E-state index contributed by atoms with van der Waals surface area (Å²) in [6.45, 7) is 0.585. The van der Waals surface area contributed by atoms with E-state index in [2.05, 4.69) is 28.5 Å². The summed E-state index contributed by atoms with van der Waals surface area (Å²) in [7, 11) is 0. The summed E-state index contributed by atoms with van der Waals surface area (Å²) in [4.78, 5) is 0.890. The van der Waals surface area contributed by atoms with Gasteiger partial charge in [-0.1, -0.05) is 59.3 Å². The van der Waals surface area contributed by atoms with Gasteiger partial charge in [-0.2, -0.15) is 5.26 Å². The van der Waals surface area contributed by atoms with Gasteiger partial charge in [0.15, 0.2) is 0 Å². The Kier molecular flexibility index (Phi) is 4.85. The molecule has 4 nitrogen and oxygen atoms in total. The fourth-order valence-corrected chi connectivity index (χ4v) is 3.83. The number of fused-ring (bicyclic) bond motifs is 1. The summed E-state index contributed by atoms with van der Waals surface area (Å²) >= 11 is 7.60. The summed E-state index contributed by atoms with van der Waals surface area (Å²) in [5.41, 5.74) is 5.18. The van der Waals surface area contributed by atoms with Crippen LogP contribution in [0.25, 0.3) is 22.2 Å². The van der Waals surface area contributed by atoms with E-state index in [9.17, 15) is 5.26 Å². The summed E-state index contributed by atoms with van der Waals surface area (Å²) < 4.78 is 1.86. The third-order valence-corrected chi connectivity index (χ3v) is 5.42. The molecule has 0 saturated heterocycles. The summed E-state index contributed by atoms with van der Waals surface area (Å²) in [5, 5.41) is 19.1. The lowest BCUT2D eigenvalue weighted by molar-refractivity contribution is 0.670. The Labute approximate surface area is 166 Å². The van der Waals surface area contributed by atoms with Gasteiger partial charge < -0.3 is 0 Å². The van der Waals surface area contributed by atoms with Crippen LogP contribution < -0.4 is 0 Å². The molecule has 4 aromatic rings. The maximum absolute atomic E-state index is 9.69. The van der Waals surface area contributed by atoms with Gasteiger partial charge in [0.05, 0.1) is 17.6 Å². The predicted octanol–water partition coefficient (Wildman–Crippen LogP) is 5.39. The van der Waals surface area contributed by atoms with Crippen LogP contribution in [0.2, 0.25) is 5.02 Å². The Morgan fingerprint density at radius 2 is 1.85 bits per heavy atom. The van der Waals surface area contributed by atoms with Crippen molar-refractivity contribution in [1.82, 2.24) is 15.0 Å². The van der Waals surface area contributed by atoms with Gasteiger partial charge in [0.25, 0.3) is 0 Å². The minimum Gasteiger partial charge on any atom is -0.240 e. The number of hydrogen-bond donors (Lipinski definition) is 0. The summed E-state index contributed by atoms with van der Waals surface area (Å²) in [6.07, 6.45) is 1.96. The molecule has 132 valence electrons. The zero-order chi connectivity index (χ0) is 18.8. The second-order valence-corrected chi connectivity index (χ2v) is 7.33. The molecule has 0 radical (unpaired) electrons. The molecule has 0 spiro atoms. The highest BCUT2D eigenvalue weighted by atomic mass is 35.5. The van der Waals surface area contributed by atoms with Gasteiger partial charge in [-0.25, -0.2) is 4.68 Å². The van der Waals surface area contributed by atoms with Crippen LogP contribution >= 0.6 is 23.4 Å². The molecule has 6 heteroatoms. The van der Waals surface area contributed by atoms with Gasteiger partial charge in [0.1, 0.15) is 11.6 Å². The fourth-order valence-electron chi connectivity index (χ4n) is 3.12. The third kappa shape index (κ3) is 3.30. The van der Waals surface area contributed by atoms with E-state index < -0.39 is 0 Å². The molecule has 0 atom stereocenters. The van der Waals surface area contributed by atoms with E-state index in [1.807, 2.05) is 59.5 Å². The summed E-state index contributed by atoms with van der Waals surface area (Å²) in [5.74, 6) is 0. The number of benzene rings is 3. The normalized spacial score (nSPS) is 10.9. The van der Waals surface area contributed by atoms with Gasteiger partial charge in [-0.15, -0.1) is 16.9 Å². The van der Waals surface area contributed by atoms with E-state index in [0.29, 0.717) is 22.6 Å². The molecule has 27 heavy (non-hydrogen) atoms. The number of hydrogen-bond acceptors (Lipinski definition) is 4.